The number of nitrogens with zero attached hydrogens (tertiary/aromatic N) is 3. The number of aromatic nitrogens is 2. The molecule has 24 heavy (non-hydrogen) atoms. The Hall–Kier alpha value is -2.76. The SMILES string of the molecule is CC(=O)N1CCc2c(cncc2C(=O)NCCc2ccncc2)C1. The fourth-order valence-corrected chi connectivity index (χ4v) is 2.92. The van der Waals surface area contributed by atoms with Gasteiger partial charge in [0.2, 0.25) is 5.91 Å². The highest BCUT2D eigenvalue weighted by Crippen LogP contribution is 2.21. The number of hydrogen-bond acceptors (Lipinski definition) is 4. The summed E-state index contributed by atoms with van der Waals surface area (Å²) in [5, 5.41) is 2.95. The van der Waals surface area contributed by atoms with E-state index in [1.54, 1.807) is 36.6 Å². The van der Waals surface area contributed by atoms with E-state index in [1.807, 2.05) is 12.1 Å². The summed E-state index contributed by atoms with van der Waals surface area (Å²) in [5.74, 6) is -0.0578. The molecule has 0 fully saturated rings. The highest BCUT2D eigenvalue weighted by Gasteiger charge is 2.23. The molecule has 124 valence electrons. The molecule has 0 aromatic carbocycles. The molecule has 6 heteroatoms. The van der Waals surface area contributed by atoms with Crippen LogP contribution in [0.25, 0.3) is 0 Å². The first-order valence-electron chi connectivity index (χ1n) is 8.03. The van der Waals surface area contributed by atoms with Gasteiger partial charge in [-0.3, -0.25) is 19.6 Å². The zero-order chi connectivity index (χ0) is 16.9. The molecule has 6 nitrogen and oxygen atoms in total. The number of pyridine rings is 2. The first kappa shape index (κ1) is 16.1. The summed E-state index contributed by atoms with van der Waals surface area (Å²) < 4.78 is 0. The maximum Gasteiger partial charge on any atom is 0.253 e. The van der Waals surface area contributed by atoms with Gasteiger partial charge in [0.1, 0.15) is 0 Å². The Bertz CT molecular complexity index is 746. The monoisotopic (exact) mass is 324 g/mol. The van der Waals surface area contributed by atoms with Gasteiger partial charge in [-0.1, -0.05) is 0 Å². The minimum Gasteiger partial charge on any atom is -0.352 e. The second kappa shape index (κ2) is 7.21. The highest BCUT2D eigenvalue weighted by atomic mass is 16.2. The molecule has 0 bridgehead atoms. The van der Waals surface area contributed by atoms with Crippen LogP contribution in [0.1, 0.15) is 34.0 Å². The lowest BCUT2D eigenvalue weighted by Crippen LogP contribution is -2.36. The minimum absolute atomic E-state index is 0.0489. The Morgan fingerprint density at radius 3 is 2.75 bits per heavy atom. The first-order chi connectivity index (χ1) is 11.6. The van der Waals surface area contributed by atoms with E-state index in [0.717, 1.165) is 23.1 Å². The van der Waals surface area contributed by atoms with Crippen LogP contribution in [-0.2, 0) is 24.2 Å². The topological polar surface area (TPSA) is 75.2 Å². The van der Waals surface area contributed by atoms with Crippen molar-refractivity contribution in [2.45, 2.75) is 26.3 Å². The van der Waals surface area contributed by atoms with Crippen molar-refractivity contribution in [3.8, 4) is 0 Å². The molecule has 2 amide bonds. The molecule has 0 radical (unpaired) electrons. The largest absolute Gasteiger partial charge is 0.352 e. The normalized spacial score (nSPS) is 13.3. The van der Waals surface area contributed by atoms with Crippen molar-refractivity contribution in [3.05, 3.63) is 59.2 Å². The molecule has 0 aliphatic carbocycles. The Kier molecular flexibility index (Phi) is 4.84. The summed E-state index contributed by atoms with van der Waals surface area (Å²) in [6.07, 6.45) is 8.30. The van der Waals surface area contributed by atoms with E-state index in [4.69, 9.17) is 0 Å². The number of carbonyl (C=O) groups is 2. The second-order valence-electron chi connectivity index (χ2n) is 5.88. The number of rotatable bonds is 4. The van der Waals surface area contributed by atoms with Gasteiger partial charge in [-0.15, -0.1) is 0 Å². The Morgan fingerprint density at radius 1 is 1.21 bits per heavy atom. The summed E-state index contributed by atoms with van der Waals surface area (Å²) in [6.45, 7) is 3.29. The lowest BCUT2D eigenvalue weighted by Gasteiger charge is -2.28. The van der Waals surface area contributed by atoms with E-state index in [2.05, 4.69) is 15.3 Å². The fraction of sp³-hybridized carbons (Fsp3) is 0.333. The molecular weight excluding hydrogens is 304 g/mol. The summed E-state index contributed by atoms with van der Waals surface area (Å²) in [4.78, 5) is 33.9. The third-order valence-corrected chi connectivity index (χ3v) is 4.28. The predicted molar refractivity (Wildman–Crippen MR) is 89.3 cm³/mol. The summed E-state index contributed by atoms with van der Waals surface area (Å²) in [6, 6.07) is 3.88. The van der Waals surface area contributed by atoms with Crippen molar-refractivity contribution in [3.63, 3.8) is 0 Å². The number of nitrogens with one attached hydrogen (secondary N) is 1. The third-order valence-electron chi connectivity index (χ3n) is 4.28. The minimum atomic E-state index is -0.107. The van der Waals surface area contributed by atoms with Gasteiger partial charge >= 0.3 is 0 Å². The van der Waals surface area contributed by atoms with Gasteiger partial charge in [0.05, 0.1) is 5.56 Å². The van der Waals surface area contributed by atoms with E-state index in [1.165, 1.54) is 0 Å². The van der Waals surface area contributed by atoms with E-state index in [-0.39, 0.29) is 11.8 Å². The highest BCUT2D eigenvalue weighted by molar-refractivity contribution is 5.95. The van der Waals surface area contributed by atoms with Crippen LogP contribution < -0.4 is 5.32 Å². The molecule has 0 spiro atoms. The van der Waals surface area contributed by atoms with Gasteiger partial charge in [-0.2, -0.15) is 0 Å². The van der Waals surface area contributed by atoms with E-state index in [9.17, 15) is 9.59 Å². The molecule has 0 saturated heterocycles. The maximum absolute atomic E-state index is 12.5. The molecule has 1 aliphatic rings. The van der Waals surface area contributed by atoms with Crippen LogP contribution in [0.4, 0.5) is 0 Å². The smallest absolute Gasteiger partial charge is 0.253 e. The van der Waals surface area contributed by atoms with E-state index in [0.29, 0.717) is 31.6 Å². The van der Waals surface area contributed by atoms with Crippen molar-refractivity contribution in [1.29, 1.82) is 0 Å². The predicted octanol–water partition coefficient (Wildman–Crippen LogP) is 1.35. The molecule has 1 aliphatic heterocycles. The van der Waals surface area contributed by atoms with Crippen LogP contribution in [0.15, 0.2) is 36.9 Å². The Balaban J connectivity index is 1.65. The van der Waals surface area contributed by atoms with Crippen molar-refractivity contribution in [1.82, 2.24) is 20.2 Å². The summed E-state index contributed by atoms with van der Waals surface area (Å²) in [7, 11) is 0. The number of carbonyl (C=O) groups excluding carboxylic acids is 2. The zero-order valence-corrected chi connectivity index (χ0v) is 13.7. The molecule has 2 aromatic rings. The quantitative estimate of drug-likeness (QED) is 0.921. The molecule has 3 rings (SSSR count). The summed E-state index contributed by atoms with van der Waals surface area (Å²) in [5.41, 5.74) is 3.71. The fourth-order valence-electron chi connectivity index (χ4n) is 2.92. The van der Waals surface area contributed by atoms with Crippen molar-refractivity contribution in [2.75, 3.05) is 13.1 Å². The third kappa shape index (κ3) is 3.59. The van der Waals surface area contributed by atoms with Gasteiger partial charge in [-0.25, -0.2) is 0 Å². The lowest BCUT2D eigenvalue weighted by molar-refractivity contribution is -0.129. The second-order valence-corrected chi connectivity index (χ2v) is 5.88. The number of hydrogen-bond donors (Lipinski definition) is 1. The van der Waals surface area contributed by atoms with Gasteiger partial charge in [0.15, 0.2) is 0 Å². The molecule has 0 saturated carbocycles. The Morgan fingerprint density at radius 2 is 2.00 bits per heavy atom. The summed E-state index contributed by atoms with van der Waals surface area (Å²) >= 11 is 0. The molecule has 3 heterocycles. The average Bonchev–Trinajstić information content (AvgIpc) is 2.61. The molecule has 2 aromatic heterocycles. The van der Waals surface area contributed by atoms with Gasteiger partial charge < -0.3 is 10.2 Å². The van der Waals surface area contributed by atoms with Crippen LogP contribution in [0, 0.1) is 0 Å². The van der Waals surface area contributed by atoms with E-state index < -0.39 is 0 Å². The van der Waals surface area contributed by atoms with Crippen LogP contribution in [0.5, 0.6) is 0 Å². The van der Waals surface area contributed by atoms with Crippen molar-refractivity contribution < 1.29 is 9.59 Å². The van der Waals surface area contributed by atoms with Crippen LogP contribution in [0.3, 0.4) is 0 Å². The molecule has 1 N–H and O–H groups in total. The lowest BCUT2D eigenvalue weighted by atomic mass is 9.96. The zero-order valence-electron chi connectivity index (χ0n) is 13.7. The average molecular weight is 324 g/mol. The number of fused-ring (bicyclic) bond motifs is 1. The maximum atomic E-state index is 12.5. The van der Waals surface area contributed by atoms with Crippen molar-refractivity contribution >= 4 is 11.8 Å². The van der Waals surface area contributed by atoms with Crippen LogP contribution in [-0.4, -0.2) is 39.8 Å². The van der Waals surface area contributed by atoms with E-state index >= 15 is 0 Å². The van der Waals surface area contributed by atoms with Gasteiger partial charge in [0.25, 0.3) is 5.91 Å². The molecule has 0 unspecified atom stereocenters. The number of amides is 2. The standard InChI is InChI=1S/C18H20N4O2/c1-13(23)22-9-5-16-15(12-22)10-20-11-17(16)18(24)21-8-4-14-2-6-19-7-3-14/h2-3,6-7,10-11H,4-5,8-9,12H2,1H3,(H,21,24). The van der Waals surface area contributed by atoms with Gasteiger partial charge in [-0.05, 0) is 41.7 Å². The van der Waals surface area contributed by atoms with Crippen molar-refractivity contribution in [2.24, 2.45) is 0 Å². The van der Waals surface area contributed by atoms with Crippen LogP contribution >= 0.6 is 0 Å². The Labute approximate surface area is 140 Å². The van der Waals surface area contributed by atoms with Crippen LogP contribution in [0.2, 0.25) is 0 Å². The first-order valence-corrected chi connectivity index (χ1v) is 8.03. The molecule has 0 atom stereocenters. The molecular formula is C18H20N4O2. The van der Waals surface area contributed by atoms with Gasteiger partial charge in [0, 0.05) is 51.3 Å².